The molecule has 0 aliphatic carbocycles. The molecule has 0 radical (unpaired) electrons. The van der Waals surface area contributed by atoms with Gasteiger partial charge in [0.15, 0.2) is 17.6 Å². The van der Waals surface area contributed by atoms with Crippen LogP contribution >= 0.6 is 15.9 Å². The molecule has 3 aromatic carbocycles. The first-order valence-electron chi connectivity index (χ1n) is 11.7. The summed E-state index contributed by atoms with van der Waals surface area (Å²) in [7, 11) is 0. The molecule has 0 bridgehead atoms. The molecule has 0 aromatic heterocycles. The first-order chi connectivity index (χ1) is 17.4. The van der Waals surface area contributed by atoms with E-state index in [2.05, 4.69) is 15.9 Å². The number of fused-ring (bicyclic) bond motifs is 1. The van der Waals surface area contributed by atoms with Crippen LogP contribution in [0.2, 0.25) is 0 Å². The van der Waals surface area contributed by atoms with E-state index in [-0.39, 0.29) is 17.4 Å². The van der Waals surface area contributed by atoms with Crippen molar-refractivity contribution in [2.45, 2.75) is 26.0 Å². The Morgan fingerprint density at radius 1 is 0.917 bits per heavy atom. The maximum atomic E-state index is 13.8. The average molecular weight is 553 g/mol. The number of para-hydroxylation sites is 1. The summed E-state index contributed by atoms with van der Waals surface area (Å²) in [6.45, 7) is 4.57. The van der Waals surface area contributed by atoms with Crippen molar-refractivity contribution in [3.8, 4) is 17.2 Å². The van der Waals surface area contributed by atoms with E-state index in [0.29, 0.717) is 40.4 Å². The number of phenolic OH excluding ortho intramolecular Hbond substituents is 1. The van der Waals surface area contributed by atoms with Crippen molar-refractivity contribution in [1.82, 2.24) is 0 Å². The van der Waals surface area contributed by atoms with Crippen LogP contribution in [-0.4, -0.2) is 36.2 Å². The Kier molecular flexibility index (Phi) is 6.59. The molecule has 5 rings (SSSR count). The van der Waals surface area contributed by atoms with Crippen LogP contribution in [0, 0.1) is 5.92 Å². The normalized spacial score (nSPS) is 21.1. The van der Waals surface area contributed by atoms with Crippen molar-refractivity contribution in [1.29, 1.82) is 0 Å². The topological polar surface area (TPSA) is 88.5 Å². The molecule has 3 aromatic rings. The van der Waals surface area contributed by atoms with Gasteiger partial charge in [-0.25, -0.2) is 9.96 Å². The highest BCUT2D eigenvalue weighted by Crippen LogP contribution is 2.49. The molecule has 2 aliphatic rings. The van der Waals surface area contributed by atoms with Crippen LogP contribution in [0.4, 0.5) is 11.4 Å². The molecule has 2 saturated heterocycles. The van der Waals surface area contributed by atoms with E-state index in [9.17, 15) is 14.7 Å². The Morgan fingerprint density at radius 2 is 1.61 bits per heavy atom. The lowest BCUT2D eigenvalue weighted by molar-refractivity contribution is -0.126. The molecule has 8 nitrogen and oxygen atoms in total. The number of hydrogen-bond acceptors (Lipinski definition) is 7. The summed E-state index contributed by atoms with van der Waals surface area (Å²) in [5.74, 6) is -0.705. The maximum absolute atomic E-state index is 13.8. The molecule has 0 saturated carbocycles. The van der Waals surface area contributed by atoms with Gasteiger partial charge in [-0.3, -0.25) is 14.4 Å². The molecule has 9 heteroatoms. The zero-order valence-corrected chi connectivity index (χ0v) is 21.3. The summed E-state index contributed by atoms with van der Waals surface area (Å²) in [6, 6.07) is 18.9. The van der Waals surface area contributed by atoms with Gasteiger partial charge in [0.2, 0.25) is 5.91 Å². The molecule has 0 unspecified atom stereocenters. The number of benzene rings is 3. The van der Waals surface area contributed by atoms with Gasteiger partial charge in [-0.2, -0.15) is 0 Å². The van der Waals surface area contributed by atoms with Crippen molar-refractivity contribution >= 4 is 39.1 Å². The molecular weight excluding hydrogens is 528 g/mol. The standard InChI is InChI=1S/C27H25BrN2O6/c1-3-34-19-12-10-17(11-13-19)29-26(32)22-23(16-14-20(28)24(31)21(15-16)35-4-2)30(36-25(22)27(29)33)18-8-6-5-7-9-18/h5-15,22-23,25,31H,3-4H2,1-2H3/t22-,23+,25-/m1/s1. The van der Waals surface area contributed by atoms with E-state index in [1.807, 2.05) is 44.2 Å². The SMILES string of the molecule is CCOc1ccc(N2C(=O)[C@H]3[C@@H](ON(c4ccccc4)[C@H]3c3cc(Br)c(O)c(OCC)c3)C2=O)cc1. The van der Waals surface area contributed by atoms with E-state index >= 15 is 0 Å². The number of hydrogen-bond donors (Lipinski definition) is 1. The van der Waals surface area contributed by atoms with Crippen LogP contribution < -0.4 is 19.4 Å². The maximum Gasteiger partial charge on any atom is 0.266 e. The van der Waals surface area contributed by atoms with E-state index < -0.39 is 24.0 Å². The molecule has 2 fully saturated rings. The van der Waals surface area contributed by atoms with Gasteiger partial charge >= 0.3 is 0 Å². The molecule has 1 N–H and O–H groups in total. The third-order valence-electron chi connectivity index (χ3n) is 6.22. The fourth-order valence-corrected chi connectivity index (χ4v) is 5.15. The Bertz CT molecular complexity index is 1280. The van der Waals surface area contributed by atoms with E-state index in [1.165, 1.54) is 4.90 Å². The van der Waals surface area contributed by atoms with Crippen LogP contribution in [0.25, 0.3) is 0 Å². The lowest BCUT2D eigenvalue weighted by Crippen LogP contribution is -2.37. The number of nitrogens with zero attached hydrogens (tertiary/aromatic N) is 2. The van der Waals surface area contributed by atoms with Gasteiger partial charge in [-0.1, -0.05) is 18.2 Å². The summed E-state index contributed by atoms with van der Waals surface area (Å²) in [4.78, 5) is 34.7. The van der Waals surface area contributed by atoms with Crippen LogP contribution in [0.15, 0.2) is 71.2 Å². The molecule has 2 heterocycles. The number of phenols is 1. The minimum Gasteiger partial charge on any atom is -0.503 e. The van der Waals surface area contributed by atoms with E-state index in [4.69, 9.17) is 14.3 Å². The van der Waals surface area contributed by atoms with Gasteiger partial charge in [0.25, 0.3) is 5.91 Å². The number of carbonyl (C=O) groups is 2. The lowest BCUT2D eigenvalue weighted by Gasteiger charge is -2.29. The molecule has 2 aliphatic heterocycles. The number of carbonyl (C=O) groups excluding carboxylic acids is 2. The fraction of sp³-hybridized carbons (Fsp3) is 0.259. The minimum atomic E-state index is -1.00. The first kappa shape index (κ1) is 24.1. The van der Waals surface area contributed by atoms with Gasteiger partial charge in [-0.05, 0) is 83.9 Å². The van der Waals surface area contributed by atoms with Gasteiger partial charge in [0.05, 0.1) is 35.1 Å². The minimum absolute atomic E-state index is 0.0350. The number of hydroxylamine groups is 1. The summed E-state index contributed by atoms with van der Waals surface area (Å²) in [5.41, 5.74) is 1.82. The van der Waals surface area contributed by atoms with Crippen molar-refractivity contribution < 1.29 is 29.0 Å². The quantitative estimate of drug-likeness (QED) is 0.412. The highest BCUT2D eigenvalue weighted by molar-refractivity contribution is 9.10. The highest BCUT2D eigenvalue weighted by atomic mass is 79.9. The molecule has 36 heavy (non-hydrogen) atoms. The number of aromatic hydroxyl groups is 1. The summed E-state index contributed by atoms with van der Waals surface area (Å²) in [6.07, 6.45) is -1.00. The van der Waals surface area contributed by atoms with Gasteiger partial charge in [0.1, 0.15) is 11.7 Å². The van der Waals surface area contributed by atoms with Crippen LogP contribution in [0.5, 0.6) is 17.2 Å². The van der Waals surface area contributed by atoms with Crippen molar-refractivity contribution in [3.63, 3.8) is 0 Å². The third kappa shape index (κ3) is 4.08. The highest BCUT2D eigenvalue weighted by Gasteiger charge is 2.60. The number of ether oxygens (including phenoxy) is 2. The van der Waals surface area contributed by atoms with E-state index in [1.54, 1.807) is 41.5 Å². The number of anilines is 2. The second-order valence-electron chi connectivity index (χ2n) is 8.38. The number of rotatable bonds is 7. The van der Waals surface area contributed by atoms with Gasteiger partial charge < -0.3 is 14.6 Å². The predicted octanol–water partition coefficient (Wildman–Crippen LogP) is 5.00. The third-order valence-corrected chi connectivity index (χ3v) is 6.83. The Hall–Kier alpha value is -3.56. The van der Waals surface area contributed by atoms with Crippen molar-refractivity contribution in [2.24, 2.45) is 5.92 Å². The molecule has 3 atom stereocenters. The zero-order valence-electron chi connectivity index (χ0n) is 19.8. The predicted molar refractivity (Wildman–Crippen MR) is 137 cm³/mol. The summed E-state index contributed by atoms with van der Waals surface area (Å²) < 4.78 is 11.5. The zero-order chi connectivity index (χ0) is 25.4. The molecule has 186 valence electrons. The Morgan fingerprint density at radius 3 is 2.28 bits per heavy atom. The van der Waals surface area contributed by atoms with Crippen LogP contribution in [0.3, 0.4) is 0 Å². The van der Waals surface area contributed by atoms with Gasteiger partial charge in [0, 0.05) is 0 Å². The number of amides is 2. The van der Waals surface area contributed by atoms with Crippen molar-refractivity contribution in [3.05, 3.63) is 76.8 Å². The van der Waals surface area contributed by atoms with Crippen LogP contribution in [-0.2, 0) is 14.4 Å². The lowest BCUT2D eigenvalue weighted by atomic mass is 9.90. The van der Waals surface area contributed by atoms with Gasteiger partial charge in [-0.15, -0.1) is 0 Å². The first-order valence-corrected chi connectivity index (χ1v) is 12.5. The molecule has 0 spiro atoms. The largest absolute Gasteiger partial charge is 0.503 e. The van der Waals surface area contributed by atoms with E-state index in [0.717, 1.165) is 0 Å². The second-order valence-corrected chi connectivity index (χ2v) is 9.23. The molecular formula is C27H25BrN2O6. The smallest absolute Gasteiger partial charge is 0.266 e. The average Bonchev–Trinajstić information content (AvgIpc) is 3.39. The monoisotopic (exact) mass is 552 g/mol. The van der Waals surface area contributed by atoms with Crippen molar-refractivity contribution in [2.75, 3.05) is 23.2 Å². The fourth-order valence-electron chi connectivity index (χ4n) is 4.69. The Labute approximate surface area is 217 Å². The Balaban J connectivity index is 1.57. The molecule has 2 amide bonds. The summed E-state index contributed by atoms with van der Waals surface area (Å²) >= 11 is 3.39. The number of halogens is 1. The number of imide groups is 1. The second kappa shape index (κ2) is 9.83. The van der Waals surface area contributed by atoms with Crippen LogP contribution in [0.1, 0.15) is 25.5 Å². The summed E-state index contributed by atoms with van der Waals surface area (Å²) in [5, 5.41) is 12.1.